The molecule has 270 valence electrons. The maximum absolute atomic E-state index is 13.1. The van der Waals surface area contributed by atoms with Crippen molar-refractivity contribution in [1.82, 2.24) is 15.1 Å². The Hall–Kier alpha value is -3.46. The van der Waals surface area contributed by atoms with Gasteiger partial charge >= 0.3 is 6.16 Å². The van der Waals surface area contributed by atoms with Crippen LogP contribution in [0.5, 0.6) is 5.75 Å². The summed E-state index contributed by atoms with van der Waals surface area (Å²) in [5.41, 5.74) is 1.37. The summed E-state index contributed by atoms with van der Waals surface area (Å²) in [4.78, 5) is 29.3. The molecule has 0 amide bonds. The van der Waals surface area contributed by atoms with Crippen LogP contribution in [-0.4, -0.2) is 66.4 Å². The number of fused-ring (bicyclic) bond motifs is 1. The second kappa shape index (κ2) is 22.3. The van der Waals surface area contributed by atoms with Gasteiger partial charge in [-0.3, -0.25) is 14.8 Å². The van der Waals surface area contributed by atoms with E-state index in [2.05, 4.69) is 26.9 Å². The first kappa shape index (κ1) is 38.3. The van der Waals surface area contributed by atoms with Crippen LogP contribution in [0.2, 0.25) is 0 Å². The van der Waals surface area contributed by atoms with Crippen LogP contribution in [0.1, 0.15) is 133 Å². The second-order valence-corrected chi connectivity index (χ2v) is 13.6. The number of hydrogen-bond donors (Lipinski definition) is 1. The molecule has 8 nitrogen and oxygen atoms in total. The Morgan fingerprint density at radius 2 is 1.35 bits per heavy atom. The van der Waals surface area contributed by atoms with Gasteiger partial charge < -0.3 is 14.4 Å². The number of hydrogen-bond acceptors (Lipinski definition) is 7. The molecule has 2 heterocycles. The number of H-pyrrole nitrogens is 1. The number of ketones is 1. The number of anilines is 1. The van der Waals surface area contributed by atoms with Crippen LogP contribution in [0.15, 0.2) is 42.5 Å². The first-order chi connectivity index (χ1) is 24.0. The van der Waals surface area contributed by atoms with E-state index in [-0.39, 0.29) is 11.6 Å². The van der Waals surface area contributed by atoms with Crippen molar-refractivity contribution in [3.8, 4) is 5.75 Å². The zero-order valence-electron chi connectivity index (χ0n) is 29.9. The van der Waals surface area contributed by atoms with Crippen molar-refractivity contribution >= 4 is 28.7 Å². The summed E-state index contributed by atoms with van der Waals surface area (Å²) in [6, 6.07) is 11.3. The highest BCUT2D eigenvalue weighted by Gasteiger charge is 2.21. The number of benzene rings is 2. The summed E-state index contributed by atoms with van der Waals surface area (Å²) in [5.74, 6) is 1.04. The van der Waals surface area contributed by atoms with Crippen molar-refractivity contribution in [2.75, 3.05) is 44.2 Å². The van der Waals surface area contributed by atoms with Crippen LogP contribution in [-0.2, 0) is 4.74 Å². The fourth-order valence-electron chi connectivity index (χ4n) is 6.65. The molecule has 9 heteroatoms. The predicted molar refractivity (Wildman–Crippen MR) is 196 cm³/mol. The van der Waals surface area contributed by atoms with Gasteiger partial charge in [0.25, 0.3) is 0 Å². The molecule has 3 aromatic rings. The van der Waals surface area contributed by atoms with Crippen LogP contribution in [0.3, 0.4) is 0 Å². The highest BCUT2D eigenvalue weighted by atomic mass is 19.1. The Balaban J connectivity index is 1.02. The summed E-state index contributed by atoms with van der Waals surface area (Å²) < 4.78 is 23.9. The molecule has 0 spiro atoms. The monoisotopic (exact) mass is 678 g/mol. The third-order valence-corrected chi connectivity index (χ3v) is 9.65. The minimum atomic E-state index is -0.671. The average molecular weight is 679 g/mol. The Kier molecular flexibility index (Phi) is 17.4. The van der Waals surface area contributed by atoms with Gasteiger partial charge in [0, 0.05) is 49.6 Å². The Morgan fingerprint density at radius 1 is 0.755 bits per heavy atom. The molecular formula is C40H59FN4O4. The molecule has 1 aliphatic rings. The van der Waals surface area contributed by atoms with E-state index in [0.717, 1.165) is 68.7 Å². The number of Topliss-reactive ketones (excluding diaryl/α,β-unsaturated/α-hetero) is 1. The van der Waals surface area contributed by atoms with Gasteiger partial charge in [-0.05, 0) is 55.8 Å². The Labute approximate surface area is 293 Å². The van der Waals surface area contributed by atoms with Gasteiger partial charge in [0.1, 0.15) is 11.6 Å². The summed E-state index contributed by atoms with van der Waals surface area (Å²) in [5, 5.41) is 8.62. The number of aromatic amines is 1. The molecule has 0 unspecified atom stereocenters. The zero-order chi connectivity index (χ0) is 34.5. The van der Waals surface area contributed by atoms with Crippen molar-refractivity contribution in [3.63, 3.8) is 0 Å². The quantitative estimate of drug-likeness (QED) is 0.0437. The molecule has 0 radical (unpaired) electrons. The van der Waals surface area contributed by atoms with E-state index in [9.17, 15) is 14.0 Å². The Morgan fingerprint density at radius 3 is 1.96 bits per heavy atom. The number of aromatic nitrogens is 2. The molecule has 0 bridgehead atoms. The minimum absolute atomic E-state index is 0.0497. The number of nitrogens with one attached hydrogen (secondary N) is 1. The van der Waals surface area contributed by atoms with Crippen molar-refractivity contribution in [1.29, 1.82) is 0 Å². The normalized spacial score (nSPS) is 13.6. The van der Waals surface area contributed by atoms with Gasteiger partial charge in [0.2, 0.25) is 0 Å². The molecule has 49 heavy (non-hydrogen) atoms. The van der Waals surface area contributed by atoms with Gasteiger partial charge in [-0.2, -0.15) is 5.10 Å². The fraction of sp³-hybridized carbons (Fsp3) is 0.625. The largest absolute Gasteiger partial charge is 0.513 e. The average Bonchev–Trinajstić information content (AvgIpc) is 3.53. The summed E-state index contributed by atoms with van der Waals surface area (Å²) in [6.45, 7) is 6.92. The van der Waals surface area contributed by atoms with Crippen molar-refractivity contribution in [3.05, 3.63) is 53.8 Å². The van der Waals surface area contributed by atoms with Gasteiger partial charge in [-0.25, -0.2) is 9.18 Å². The lowest BCUT2D eigenvalue weighted by Gasteiger charge is -2.35. The van der Waals surface area contributed by atoms with Crippen LogP contribution in [0, 0.1) is 5.82 Å². The van der Waals surface area contributed by atoms with Gasteiger partial charge in [0.15, 0.2) is 11.6 Å². The van der Waals surface area contributed by atoms with Gasteiger partial charge in [-0.15, -0.1) is 0 Å². The van der Waals surface area contributed by atoms with Crippen molar-refractivity contribution < 1.29 is 23.5 Å². The van der Waals surface area contributed by atoms with E-state index in [1.807, 2.05) is 6.07 Å². The van der Waals surface area contributed by atoms with Crippen molar-refractivity contribution in [2.45, 2.75) is 122 Å². The second-order valence-electron chi connectivity index (χ2n) is 13.6. The number of nitrogens with zero attached hydrogens (tertiary/aromatic N) is 3. The lowest BCUT2D eigenvalue weighted by atomic mass is 10.0. The maximum atomic E-state index is 13.1. The minimum Gasteiger partial charge on any atom is -0.434 e. The van der Waals surface area contributed by atoms with E-state index < -0.39 is 6.16 Å². The molecule has 1 N–H and O–H groups in total. The fourth-order valence-corrected chi connectivity index (χ4v) is 6.65. The third-order valence-electron chi connectivity index (χ3n) is 9.65. The summed E-state index contributed by atoms with van der Waals surface area (Å²) in [6.07, 6.45) is 21.5. The highest BCUT2D eigenvalue weighted by molar-refractivity contribution is 5.96. The molecule has 1 saturated heterocycles. The molecule has 0 aliphatic carbocycles. The van der Waals surface area contributed by atoms with E-state index in [1.165, 1.54) is 102 Å². The molecule has 1 fully saturated rings. The molecule has 4 rings (SSSR count). The highest BCUT2D eigenvalue weighted by Crippen LogP contribution is 2.28. The SMILES string of the molecule is CCCCCCCCCCCCCCCCCCOC(=O)Oc1ccc2c(N3CCN(CCCC(=O)c4ccc(F)cc4)CC3)n[nH]c2c1. The van der Waals surface area contributed by atoms with E-state index >= 15 is 0 Å². The number of halogens is 1. The predicted octanol–water partition coefficient (Wildman–Crippen LogP) is 10.3. The van der Waals surface area contributed by atoms with Crippen LogP contribution < -0.4 is 9.64 Å². The number of carbonyl (C=O) groups excluding carboxylic acids is 2. The number of carbonyl (C=O) groups is 2. The zero-order valence-corrected chi connectivity index (χ0v) is 29.9. The number of ether oxygens (including phenoxy) is 2. The van der Waals surface area contributed by atoms with Gasteiger partial charge in [-0.1, -0.05) is 103 Å². The molecule has 0 saturated carbocycles. The number of rotatable bonds is 24. The molecule has 2 aromatic carbocycles. The topological polar surface area (TPSA) is 87.8 Å². The number of piperazine rings is 1. The first-order valence-corrected chi connectivity index (χ1v) is 19.1. The van der Waals surface area contributed by atoms with Crippen LogP contribution >= 0.6 is 0 Å². The van der Waals surface area contributed by atoms with Gasteiger partial charge in [0.05, 0.1) is 12.1 Å². The number of unbranched alkanes of at least 4 members (excludes halogenated alkanes) is 15. The smallest absolute Gasteiger partial charge is 0.434 e. The summed E-state index contributed by atoms with van der Waals surface area (Å²) >= 11 is 0. The van der Waals surface area contributed by atoms with E-state index in [4.69, 9.17) is 9.47 Å². The molecule has 1 aliphatic heterocycles. The molecular weight excluding hydrogens is 619 g/mol. The van der Waals surface area contributed by atoms with E-state index in [0.29, 0.717) is 24.3 Å². The van der Waals surface area contributed by atoms with Crippen LogP contribution in [0.25, 0.3) is 10.9 Å². The first-order valence-electron chi connectivity index (χ1n) is 19.1. The maximum Gasteiger partial charge on any atom is 0.513 e. The van der Waals surface area contributed by atoms with E-state index in [1.54, 1.807) is 24.3 Å². The lowest BCUT2D eigenvalue weighted by molar-refractivity contribution is 0.0964. The summed E-state index contributed by atoms with van der Waals surface area (Å²) in [7, 11) is 0. The standard InChI is InChI=1S/C40H59FN4O4/c1-2-3-4-5-6-7-8-9-10-11-12-13-14-15-16-17-31-48-40(47)49-35-24-25-36-37(32-35)42-43-39(36)45-29-27-44(28-30-45)26-18-19-38(46)33-20-22-34(41)23-21-33/h20-25,32H,2-19,26-31H2,1H3,(H,42,43). The Bertz CT molecular complexity index is 1370. The third kappa shape index (κ3) is 14.1. The molecule has 1 aromatic heterocycles. The molecule has 0 atom stereocenters. The van der Waals surface area contributed by atoms with Crippen molar-refractivity contribution in [2.24, 2.45) is 0 Å². The van der Waals surface area contributed by atoms with Crippen LogP contribution in [0.4, 0.5) is 15.0 Å². The lowest BCUT2D eigenvalue weighted by Crippen LogP contribution is -2.46.